The molecule has 1 amide bonds. The number of hydrogen-bond donors (Lipinski definition) is 3. The molecule has 1 aromatic carbocycles. The molecule has 0 saturated heterocycles. The topological polar surface area (TPSA) is 116 Å². The Morgan fingerprint density at radius 2 is 2.00 bits per heavy atom. The van der Waals surface area contributed by atoms with E-state index in [-0.39, 0.29) is 17.9 Å². The van der Waals surface area contributed by atoms with Crippen LogP contribution in [0.4, 0.5) is 5.69 Å². The summed E-state index contributed by atoms with van der Waals surface area (Å²) in [6.07, 6.45) is 0. The quantitative estimate of drug-likeness (QED) is 0.672. The number of rotatable bonds is 5. The third-order valence-corrected chi connectivity index (χ3v) is 2.44. The molecule has 0 fully saturated rings. The van der Waals surface area contributed by atoms with Crippen LogP contribution in [0.15, 0.2) is 18.2 Å². The van der Waals surface area contributed by atoms with Crippen LogP contribution in [0, 0.1) is 5.41 Å². The zero-order chi connectivity index (χ0) is 13.9. The second kappa shape index (κ2) is 4.95. The van der Waals surface area contributed by atoms with Gasteiger partial charge in [-0.3, -0.25) is 9.59 Å². The second-order valence-electron chi connectivity index (χ2n) is 4.60. The molecule has 0 aliphatic carbocycles. The van der Waals surface area contributed by atoms with Crippen LogP contribution in [0.2, 0.25) is 0 Å². The average Bonchev–Trinajstić information content (AvgIpc) is 2.26. The van der Waals surface area contributed by atoms with Crippen LogP contribution in [0.3, 0.4) is 0 Å². The molecule has 0 atom stereocenters. The van der Waals surface area contributed by atoms with Crippen LogP contribution < -0.4 is 16.2 Å². The number of nitrogens with two attached hydrogens (primary N) is 2. The maximum Gasteiger partial charge on any atom is 0.312 e. The summed E-state index contributed by atoms with van der Waals surface area (Å²) < 4.78 is 5.34. The zero-order valence-electron chi connectivity index (χ0n) is 10.3. The van der Waals surface area contributed by atoms with Crippen LogP contribution in [-0.4, -0.2) is 23.6 Å². The van der Waals surface area contributed by atoms with E-state index in [4.69, 9.17) is 21.3 Å². The Morgan fingerprint density at radius 3 is 2.50 bits per heavy atom. The first-order valence-electron chi connectivity index (χ1n) is 5.29. The molecule has 5 N–H and O–H groups in total. The largest absolute Gasteiger partial charge is 0.492 e. The van der Waals surface area contributed by atoms with Crippen LogP contribution in [0.25, 0.3) is 0 Å². The van der Waals surface area contributed by atoms with Gasteiger partial charge in [0.25, 0.3) is 5.91 Å². The molecule has 0 radical (unpaired) electrons. The van der Waals surface area contributed by atoms with Crippen molar-refractivity contribution in [1.29, 1.82) is 0 Å². The normalized spacial score (nSPS) is 11.0. The lowest BCUT2D eigenvalue weighted by molar-refractivity contribution is -0.148. The molecule has 1 aromatic rings. The molecule has 0 aliphatic rings. The number of ether oxygens (including phenoxy) is 1. The smallest absolute Gasteiger partial charge is 0.312 e. The van der Waals surface area contributed by atoms with E-state index in [1.54, 1.807) is 0 Å². The second-order valence-corrected chi connectivity index (χ2v) is 4.60. The number of amides is 1. The van der Waals surface area contributed by atoms with Gasteiger partial charge in [0, 0.05) is 11.8 Å². The molecule has 0 heterocycles. The minimum absolute atomic E-state index is 0.0912. The summed E-state index contributed by atoms with van der Waals surface area (Å²) in [5, 5.41) is 8.96. The van der Waals surface area contributed by atoms with Crippen molar-refractivity contribution in [3.05, 3.63) is 23.8 Å². The first-order valence-corrected chi connectivity index (χ1v) is 5.29. The number of carbonyl (C=O) groups is 2. The van der Waals surface area contributed by atoms with Crippen molar-refractivity contribution >= 4 is 17.6 Å². The summed E-state index contributed by atoms with van der Waals surface area (Å²) in [5.74, 6) is -1.46. The van der Waals surface area contributed by atoms with Gasteiger partial charge < -0.3 is 21.3 Å². The lowest BCUT2D eigenvalue weighted by atomic mass is 9.95. The van der Waals surface area contributed by atoms with Gasteiger partial charge >= 0.3 is 5.97 Å². The fourth-order valence-electron chi connectivity index (χ4n) is 1.18. The highest BCUT2D eigenvalue weighted by Crippen LogP contribution is 2.24. The van der Waals surface area contributed by atoms with Gasteiger partial charge in [-0.05, 0) is 26.0 Å². The lowest BCUT2D eigenvalue weighted by Gasteiger charge is -2.20. The van der Waals surface area contributed by atoms with Gasteiger partial charge in [-0.15, -0.1) is 0 Å². The summed E-state index contributed by atoms with van der Waals surface area (Å²) in [7, 11) is 0. The summed E-state index contributed by atoms with van der Waals surface area (Å²) in [6, 6.07) is 4.41. The van der Waals surface area contributed by atoms with Crippen molar-refractivity contribution in [2.45, 2.75) is 13.8 Å². The third kappa shape index (κ3) is 3.13. The molecule has 0 spiro atoms. The number of primary amides is 1. The Labute approximate surface area is 105 Å². The van der Waals surface area contributed by atoms with E-state index in [0.717, 1.165) is 0 Å². The minimum atomic E-state index is -1.07. The van der Waals surface area contributed by atoms with E-state index < -0.39 is 17.3 Å². The molecule has 18 heavy (non-hydrogen) atoms. The zero-order valence-corrected chi connectivity index (χ0v) is 10.3. The fourth-order valence-corrected chi connectivity index (χ4v) is 1.18. The number of aliphatic carboxylic acids is 1. The monoisotopic (exact) mass is 252 g/mol. The Hall–Kier alpha value is -2.24. The van der Waals surface area contributed by atoms with Crippen molar-refractivity contribution in [2.75, 3.05) is 12.3 Å². The van der Waals surface area contributed by atoms with E-state index in [1.807, 2.05) is 0 Å². The van der Waals surface area contributed by atoms with Crippen molar-refractivity contribution < 1.29 is 19.4 Å². The minimum Gasteiger partial charge on any atom is -0.492 e. The van der Waals surface area contributed by atoms with Crippen LogP contribution in [0.1, 0.15) is 24.2 Å². The highest BCUT2D eigenvalue weighted by atomic mass is 16.5. The predicted octanol–water partition coefficient (Wildman–Crippen LogP) is 0.857. The van der Waals surface area contributed by atoms with Gasteiger partial charge in [-0.2, -0.15) is 0 Å². The number of carboxylic acids is 1. The molecular weight excluding hydrogens is 236 g/mol. The Morgan fingerprint density at radius 1 is 1.39 bits per heavy atom. The highest BCUT2D eigenvalue weighted by molar-refractivity contribution is 5.96. The van der Waals surface area contributed by atoms with E-state index in [9.17, 15) is 9.59 Å². The molecule has 6 nitrogen and oxygen atoms in total. The molecule has 0 saturated carbocycles. The van der Waals surface area contributed by atoms with E-state index in [1.165, 1.54) is 32.0 Å². The van der Waals surface area contributed by atoms with Gasteiger partial charge in [0.05, 0.1) is 11.0 Å². The summed E-state index contributed by atoms with van der Waals surface area (Å²) >= 11 is 0. The van der Waals surface area contributed by atoms with Crippen LogP contribution in [-0.2, 0) is 4.79 Å². The van der Waals surface area contributed by atoms with Gasteiger partial charge in [0.1, 0.15) is 12.4 Å². The Balaban J connectivity index is 2.94. The van der Waals surface area contributed by atoms with Crippen molar-refractivity contribution in [3.63, 3.8) is 0 Å². The van der Waals surface area contributed by atoms with Gasteiger partial charge in [0.2, 0.25) is 0 Å². The number of carboxylic acid groups (broad SMARTS) is 1. The SMILES string of the molecule is CC(C)(COc1cc(N)ccc1C(N)=O)C(=O)O. The molecular formula is C12H16N2O4. The van der Waals surface area contributed by atoms with E-state index in [2.05, 4.69) is 0 Å². The van der Waals surface area contributed by atoms with E-state index >= 15 is 0 Å². The number of carbonyl (C=O) groups excluding carboxylic acids is 1. The van der Waals surface area contributed by atoms with E-state index in [0.29, 0.717) is 5.69 Å². The Kier molecular flexibility index (Phi) is 3.80. The number of anilines is 1. The van der Waals surface area contributed by atoms with Crippen LogP contribution >= 0.6 is 0 Å². The summed E-state index contributed by atoms with van der Waals surface area (Å²) in [4.78, 5) is 22.1. The van der Waals surface area contributed by atoms with Crippen molar-refractivity contribution in [3.8, 4) is 5.75 Å². The first-order chi connectivity index (χ1) is 8.24. The number of benzene rings is 1. The lowest BCUT2D eigenvalue weighted by Crippen LogP contribution is -2.31. The predicted molar refractivity (Wildman–Crippen MR) is 66.3 cm³/mol. The van der Waals surface area contributed by atoms with Crippen molar-refractivity contribution in [2.24, 2.45) is 11.1 Å². The molecule has 1 rings (SSSR count). The van der Waals surface area contributed by atoms with Crippen LogP contribution in [0.5, 0.6) is 5.75 Å². The highest BCUT2D eigenvalue weighted by Gasteiger charge is 2.28. The molecule has 0 unspecified atom stereocenters. The average molecular weight is 252 g/mol. The molecule has 0 aromatic heterocycles. The molecule has 6 heteroatoms. The van der Waals surface area contributed by atoms with Gasteiger partial charge in [-0.25, -0.2) is 0 Å². The fraction of sp³-hybridized carbons (Fsp3) is 0.333. The maximum atomic E-state index is 11.2. The maximum absolute atomic E-state index is 11.2. The molecule has 98 valence electrons. The molecule has 0 bridgehead atoms. The Bertz CT molecular complexity index is 483. The molecule has 0 aliphatic heterocycles. The van der Waals surface area contributed by atoms with Crippen molar-refractivity contribution in [1.82, 2.24) is 0 Å². The third-order valence-electron chi connectivity index (χ3n) is 2.44. The summed E-state index contributed by atoms with van der Waals surface area (Å²) in [6.45, 7) is 2.95. The van der Waals surface area contributed by atoms with Gasteiger partial charge in [0.15, 0.2) is 0 Å². The number of nitrogen functional groups attached to an aromatic ring is 1. The first kappa shape index (κ1) is 13.8. The standard InChI is InChI=1S/C12H16N2O4/c1-12(2,11(16)17)6-18-9-5-7(13)3-4-8(9)10(14)15/h3-5H,6,13H2,1-2H3,(H2,14,15)(H,16,17). The van der Waals surface area contributed by atoms with Gasteiger partial charge in [-0.1, -0.05) is 0 Å². The summed E-state index contributed by atoms with van der Waals surface area (Å²) in [5.41, 5.74) is 10.3. The number of hydrogen-bond acceptors (Lipinski definition) is 4.